The normalized spacial score (nSPS) is 27.0. The number of hydrogen-bond acceptors (Lipinski definition) is 3. The Balaban J connectivity index is 1.64. The van der Waals surface area contributed by atoms with Crippen molar-refractivity contribution in [2.75, 3.05) is 20.3 Å². The van der Waals surface area contributed by atoms with Crippen molar-refractivity contribution in [2.45, 2.75) is 39.2 Å². The molecule has 1 aromatic rings. The summed E-state index contributed by atoms with van der Waals surface area (Å²) in [6.45, 7) is 4.82. The Bertz CT molecular complexity index is 474. The van der Waals surface area contributed by atoms with Gasteiger partial charge in [-0.25, -0.2) is 0 Å². The first-order chi connectivity index (χ1) is 10.3. The molecule has 2 aliphatic rings. The molecule has 1 N–H and O–H groups in total. The zero-order valence-electron chi connectivity index (χ0n) is 13.2. The van der Waals surface area contributed by atoms with Crippen LogP contribution in [0.5, 0.6) is 11.5 Å². The maximum atomic E-state index is 6.19. The van der Waals surface area contributed by atoms with Crippen molar-refractivity contribution < 1.29 is 9.47 Å². The first kappa shape index (κ1) is 14.7. The second-order valence-corrected chi connectivity index (χ2v) is 6.50. The van der Waals surface area contributed by atoms with Gasteiger partial charge >= 0.3 is 0 Å². The van der Waals surface area contributed by atoms with Crippen LogP contribution in [0.4, 0.5) is 0 Å². The van der Waals surface area contributed by atoms with E-state index < -0.39 is 0 Å². The lowest BCUT2D eigenvalue weighted by Crippen LogP contribution is -2.19. The lowest BCUT2D eigenvalue weighted by Gasteiger charge is -2.23. The third-order valence-corrected chi connectivity index (χ3v) is 5.18. The quantitative estimate of drug-likeness (QED) is 0.831. The van der Waals surface area contributed by atoms with Crippen LogP contribution in [0, 0.1) is 17.8 Å². The van der Waals surface area contributed by atoms with Crippen molar-refractivity contribution in [1.82, 2.24) is 5.32 Å². The molecule has 3 rings (SSSR count). The largest absolute Gasteiger partial charge is 0.497 e. The van der Waals surface area contributed by atoms with Crippen LogP contribution >= 0.6 is 0 Å². The molecule has 2 bridgehead atoms. The first-order valence-corrected chi connectivity index (χ1v) is 8.30. The van der Waals surface area contributed by atoms with E-state index in [9.17, 15) is 0 Å². The molecule has 0 saturated heterocycles. The van der Waals surface area contributed by atoms with Crippen LogP contribution in [0.3, 0.4) is 0 Å². The number of hydrogen-bond donors (Lipinski definition) is 1. The molecule has 3 nitrogen and oxygen atoms in total. The average molecular weight is 289 g/mol. The third kappa shape index (κ3) is 3.34. The molecule has 3 unspecified atom stereocenters. The Morgan fingerprint density at radius 2 is 2.14 bits per heavy atom. The van der Waals surface area contributed by atoms with E-state index >= 15 is 0 Å². The number of rotatable bonds is 7. The molecule has 1 aromatic carbocycles. The molecular formula is C18H27NO2. The van der Waals surface area contributed by atoms with Crippen LogP contribution in [0.1, 0.15) is 38.2 Å². The fourth-order valence-corrected chi connectivity index (χ4v) is 3.98. The van der Waals surface area contributed by atoms with Crippen molar-refractivity contribution in [3.63, 3.8) is 0 Å². The SMILES string of the molecule is CCNCc1ccc(OC)cc1OCC1CC2CCC1C2. The zero-order chi connectivity index (χ0) is 14.7. The monoisotopic (exact) mass is 289 g/mol. The van der Waals surface area contributed by atoms with Crippen molar-refractivity contribution in [3.8, 4) is 11.5 Å². The maximum Gasteiger partial charge on any atom is 0.127 e. The van der Waals surface area contributed by atoms with Gasteiger partial charge in [0.05, 0.1) is 13.7 Å². The molecule has 21 heavy (non-hydrogen) atoms. The molecule has 0 amide bonds. The minimum atomic E-state index is 0.766. The molecule has 2 saturated carbocycles. The Kier molecular flexibility index (Phi) is 4.69. The molecule has 0 aliphatic heterocycles. The van der Waals surface area contributed by atoms with Gasteiger partial charge in [0.15, 0.2) is 0 Å². The highest BCUT2D eigenvalue weighted by molar-refractivity contribution is 5.40. The molecule has 0 radical (unpaired) electrons. The van der Waals surface area contributed by atoms with Crippen LogP contribution in [0.2, 0.25) is 0 Å². The number of benzene rings is 1. The molecule has 0 heterocycles. The van der Waals surface area contributed by atoms with Gasteiger partial charge in [0, 0.05) is 18.2 Å². The summed E-state index contributed by atoms with van der Waals surface area (Å²) in [5, 5.41) is 3.38. The van der Waals surface area contributed by atoms with Gasteiger partial charge in [0.1, 0.15) is 11.5 Å². The summed E-state index contributed by atoms with van der Waals surface area (Å²) in [7, 11) is 1.71. The van der Waals surface area contributed by atoms with E-state index in [2.05, 4.69) is 18.3 Å². The van der Waals surface area contributed by atoms with Crippen LogP contribution in [0.15, 0.2) is 18.2 Å². The minimum absolute atomic E-state index is 0.766. The number of ether oxygens (including phenoxy) is 2. The van der Waals surface area contributed by atoms with E-state index in [1.54, 1.807) is 7.11 Å². The van der Waals surface area contributed by atoms with E-state index in [1.165, 1.54) is 31.2 Å². The molecule has 0 spiro atoms. The number of nitrogens with one attached hydrogen (secondary N) is 1. The Labute approximate surface area is 128 Å². The Hall–Kier alpha value is -1.22. The minimum Gasteiger partial charge on any atom is -0.497 e. The van der Waals surface area contributed by atoms with Gasteiger partial charge in [0.25, 0.3) is 0 Å². The van der Waals surface area contributed by atoms with Gasteiger partial charge in [-0.1, -0.05) is 19.4 Å². The van der Waals surface area contributed by atoms with Crippen molar-refractivity contribution >= 4 is 0 Å². The van der Waals surface area contributed by atoms with E-state index in [0.29, 0.717) is 0 Å². The summed E-state index contributed by atoms with van der Waals surface area (Å²) in [5.41, 5.74) is 1.22. The van der Waals surface area contributed by atoms with E-state index in [-0.39, 0.29) is 0 Å². The summed E-state index contributed by atoms with van der Waals surface area (Å²) < 4.78 is 11.5. The van der Waals surface area contributed by atoms with Gasteiger partial charge in [-0.2, -0.15) is 0 Å². The van der Waals surface area contributed by atoms with Crippen LogP contribution in [-0.2, 0) is 6.54 Å². The van der Waals surface area contributed by atoms with E-state index in [1.807, 2.05) is 12.1 Å². The predicted octanol–water partition coefficient (Wildman–Crippen LogP) is 3.62. The standard InChI is InChI=1S/C18H27NO2/c1-3-19-11-15-6-7-17(20-2)10-18(15)21-12-16-9-13-4-5-14(16)8-13/h6-7,10,13-14,16,19H,3-5,8-9,11-12H2,1-2H3. The zero-order valence-corrected chi connectivity index (χ0v) is 13.2. The molecule has 3 atom stereocenters. The van der Waals surface area contributed by atoms with E-state index in [0.717, 1.165) is 48.9 Å². The Morgan fingerprint density at radius 3 is 2.81 bits per heavy atom. The second kappa shape index (κ2) is 6.69. The average Bonchev–Trinajstić information content (AvgIpc) is 3.14. The van der Waals surface area contributed by atoms with Gasteiger partial charge < -0.3 is 14.8 Å². The van der Waals surface area contributed by atoms with Crippen LogP contribution in [-0.4, -0.2) is 20.3 Å². The summed E-state index contributed by atoms with van der Waals surface area (Å²) in [6.07, 6.45) is 5.68. The number of fused-ring (bicyclic) bond motifs is 2. The summed E-state index contributed by atoms with van der Waals surface area (Å²) in [5.74, 6) is 4.52. The van der Waals surface area contributed by atoms with Gasteiger partial charge in [-0.05, 0) is 49.6 Å². The van der Waals surface area contributed by atoms with Gasteiger partial charge in [-0.3, -0.25) is 0 Å². The highest BCUT2D eigenvalue weighted by Gasteiger charge is 2.39. The molecule has 2 aliphatic carbocycles. The predicted molar refractivity (Wildman–Crippen MR) is 84.8 cm³/mol. The lowest BCUT2D eigenvalue weighted by atomic mass is 9.89. The first-order valence-electron chi connectivity index (χ1n) is 8.30. The third-order valence-electron chi connectivity index (χ3n) is 5.18. The van der Waals surface area contributed by atoms with Crippen molar-refractivity contribution in [2.24, 2.45) is 17.8 Å². The molecule has 3 heteroatoms. The van der Waals surface area contributed by atoms with Gasteiger partial charge in [0.2, 0.25) is 0 Å². The maximum absolute atomic E-state index is 6.19. The smallest absolute Gasteiger partial charge is 0.127 e. The van der Waals surface area contributed by atoms with Crippen LogP contribution < -0.4 is 14.8 Å². The topological polar surface area (TPSA) is 30.5 Å². The fourth-order valence-electron chi connectivity index (χ4n) is 3.98. The Morgan fingerprint density at radius 1 is 1.24 bits per heavy atom. The molecule has 0 aromatic heterocycles. The molecule has 2 fully saturated rings. The highest BCUT2D eigenvalue weighted by atomic mass is 16.5. The highest BCUT2D eigenvalue weighted by Crippen LogP contribution is 2.48. The number of methoxy groups -OCH3 is 1. The van der Waals surface area contributed by atoms with Crippen molar-refractivity contribution in [1.29, 1.82) is 0 Å². The van der Waals surface area contributed by atoms with Crippen LogP contribution in [0.25, 0.3) is 0 Å². The summed E-state index contributed by atoms with van der Waals surface area (Å²) in [6, 6.07) is 6.15. The summed E-state index contributed by atoms with van der Waals surface area (Å²) >= 11 is 0. The second-order valence-electron chi connectivity index (χ2n) is 6.50. The fraction of sp³-hybridized carbons (Fsp3) is 0.667. The van der Waals surface area contributed by atoms with E-state index in [4.69, 9.17) is 9.47 Å². The molecular weight excluding hydrogens is 262 g/mol. The molecule has 116 valence electrons. The summed E-state index contributed by atoms with van der Waals surface area (Å²) in [4.78, 5) is 0. The van der Waals surface area contributed by atoms with Crippen molar-refractivity contribution in [3.05, 3.63) is 23.8 Å². The van der Waals surface area contributed by atoms with Gasteiger partial charge in [-0.15, -0.1) is 0 Å². The lowest BCUT2D eigenvalue weighted by molar-refractivity contribution is 0.193.